The maximum Gasteiger partial charge on any atom is 0.188 e. The van der Waals surface area contributed by atoms with Gasteiger partial charge in [0.1, 0.15) is 0 Å². The fraction of sp³-hybridized carbons (Fsp3) is 0.500. The van der Waals surface area contributed by atoms with Gasteiger partial charge in [-0.3, -0.25) is 4.57 Å². The molecule has 0 fully saturated rings. The van der Waals surface area contributed by atoms with Crippen LogP contribution in [-0.2, 0) is 26.6 Å². The zero-order chi connectivity index (χ0) is 16.4. The second-order valence-electron chi connectivity index (χ2n) is 4.91. The molecule has 0 saturated carbocycles. The van der Waals surface area contributed by atoms with Gasteiger partial charge in [0.05, 0.1) is 6.16 Å². The Balaban J connectivity index is 3.25. The van der Waals surface area contributed by atoms with Gasteiger partial charge < -0.3 is 18.9 Å². The molecule has 0 saturated heterocycles. The lowest BCUT2D eigenvalue weighted by Crippen LogP contribution is -2.08. The number of methoxy groups -OCH3 is 2. The van der Waals surface area contributed by atoms with E-state index in [1.165, 1.54) is 5.57 Å². The van der Waals surface area contributed by atoms with Gasteiger partial charge in [-0.2, -0.15) is 0 Å². The van der Waals surface area contributed by atoms with Crippen LogP contribution in [0.1, 0.15) is 25.0 Å². The van der Waals surface area contributed by atoms with Crippen LogP contribution in [0.15, 0.2) is 23.8 Å². The molecule has 0 radical (unpaired) electrons. The van der Waals surface area contributed by atoms with Crippen molar-refractivity contribution in [2.24, 2.45) is 0 Å². The summed E-state index contributed by atoms with van der Waals surface area (Å²) in [4.78, 5) is 0. The first-order valence-corrected chi connectivity index (χ1v) is 7.94. The van der Waals surface area contributed by atoms with Crippen molar-refractivity contribution < 1.29 is 23.5 Å². The molecule has 22 heavy (non-hydrogen) atoms. The molecule has 1 aromatic rings. The Morgan fingerprint density at radius 3 is 2.41 bits per heavy atom. The van der Waals surface area contributed by atoms with Crippen molar-refractivity contribution in [3.63, 3.8) is 0 Å². The van der Waals surface area contributed by atoms with Crippen molar-refractivity contribution in [1.82, 2.24) is 0 Å². The summed E-state index contributed by atoms with van der Waals surface area (Å²) in [5.74, 6) is 1.19. The van der Waals surface area contributed by atoms with E-state index in [2.05, 4.69) is 6.08 Å². The lowest BCUT2D eigenvalue weighted by atomic mass is 10.0. The van der Waals surface area contributed by atoms with Crippen LogP contribution in [0.3, 0.4) is 0 Å². The van der Waals surface area contributed by atoms with Gasteiger partial charge in [-0.05, 0) is 31.9 Å². The molecule has 0 N–H and O–H groups in total. The smallest absolute Gasteiger partial charge is 0.188 e. The van der Waals surface area contributed by atoms with Gasteiger partial charge in [-0.25, -0.2) is 0 Å². The Bertz CT molecular complexity index is 510. The van der Waals surface area contributed by atoms with Crippen molar-refractivity contribution in [2.75, 3.05) is 27.8 Å². The molecule has 6 heteroatoms. The molecule has 0 aromatic heterocycles. The normalized spacial score (nSPS) is 10.5. The van der Waals surface area contributed by atoms with Crippen molar-refractivity contribution in [3.8, 4) is 11.5 Å². The number of rotatable bonds is 10. The molecule has 1 aromatic carbocycles. The molecule has 0 bridgehead atoms. The van der Waals surface area contributed by atoms with Gasteiger partial charge in [0, 0.05) is 19.8 Å². The average molecular weight is 326 g/mol. The highest BCUT2D eigenvalue weighted by Crippen LogP contribution is 2.36. The van der Waals surface area contributed by atoms with Gasteiger partial charge in [0.15, 0.2) is 33.5 Å². The Hall–Kier alpha value is -1.42. The maximum absolute atomic E-state index is 11.0. The number of hydrogen-bond donors (Lipinski definition) is 0. The Labute approximate surface area is 133 Å². The molecule has 0 amide bonds. The van der Waals surface area contributed by atoms with E-state index in [-0.39, 0.29) is 22.0 Å². The number of benzene rings is 1. The van der Waals surface area contributed by atoms with Crippen LogP contribution in [-0.4, -0.2) is 27.8 Å². The van der Waals surface area contributed by atoms with E-state index < -0.39 is 0 Å². The standard InChI is InChI=1S/C16H23O5P/c1-12(2)5-7-14-13(9-22-17)6-8-15(20-10-18-3)16(14)21-11-19-4/h5-6,8H,7,9-11H2,1-4H3. The second-order valence-corrected chi connectivity index (χ2v) is 5.48. The molecule has 0 aliphatic heterocycles. The lowest BCUT2D eigenvalue weighted by molar-refractivity contribution is 0.0317. The summed E-state index contributed by atoms with van der Waals surface area (Å²) < 4.78 is 32.2. The monoisotopic (exact) mass is 326 g/mol. The zero-order valence-electron chi connectivity index (χ0n) is 13.5. The topological polar surface area (TPSA) is 54.0 Å². The fourth-order valence-corrected chi connectivity index (χ4v) is 2.34. The minimum Gasteiger partial charge on any atom is -0.464 e. The third kappa shape index (κ3) is 5.76. The average Bonchev–Trinajstić information content (AvgIpc) is 2.50. The van der Waals surface area contributed by atoms with Crippen molar-refractivity contribution >= 4 is 8.46 Å². The Morgan fingerprint density at radius 1 is 1.14 bits per heavy atom. The van der Waals surface area contributed by atoms with Crippen LogP contribution in [0.5, 0.6) is 11.5 Å². The first-order valence-electron chi connectivity index (χ1n) is 6.94. The molecule has 122 valence electrons. The van der Waals surface area contributed by atoms with E-state index in [4.69, 9.17) is 18.9 Å². The predicted octanol–water partition coefficient (Wildman–Crippen LogP) is 3.95. The maximum atomic E-state index is 11.0. The molecule has 0 spiro atoms. The highest BCUT2D eigenvalue weighted by molar-refractivity contribution is 7.22. The fourth-order valence-electron chi connectivity index (χ4n) is 1.91. The largest absolute Gasteiger partial charge is 0.464 e. The van der Waals surface area contributed by atoms with Crippen molar-refractivity contribution in [3.05, 3.63) is 34.9 Å². The predicted molar refractivity (Wildman–Crippen MR) is 85.9 cm³/mol. The Kier molecular flexibility index (Phi) is 8.75. The minimum absolute atomic E-state index is 0.0702. The quantitative estimate of drug-likeness (QED) is 0.370. The molecule has 0 atom stereocenters. The Morgan fingerprint density at radius 2 is 1.82 bits per heavy atom. The SMILES string of the molecule is COCOc1ccc(CP=O)c(CC=C(C)C)c1OCOC. The van der Waals surface area contributed by atoms with Crippen LogP contribution in [0.25, 0.3) is 0 Å². The number of allylic oxidation sites excluding steroid dienone is 2. The third-order valence-corrected chi connectivity index (χ3v) is 3.39. The molecule has 1 rings (SSSR count). The zero-order valence-corrected chi connectivity index (χ0v) is 14.4. The number of hydrogen-bond acceptors (Lipinski definition) is 5. The first-order chi connectivity index (χ1) is 10.6. The molecular formula is C16H23O5P. The van der Waals surface area contributed by atoms with E-state index in [0.717, 1.165) is 11.1 Å². The van der Waals surface area contributed by atoms with E-state index in [1.54, 1.807) is 20.3 Å². The van der Waals surface area contributed by atoms with Gasteiger partial charge in [0.25, 0.3) is 0 Å². The highest BCUT2D eigenvalue weighted by atomic mass is 31.1. The minimum atomic E-state index is 0.0702. The molecule has 5 nitrogen and oxygen atoms in total. The second kappa shape index (κ2) is 10.3. The van der Waals surface area contributed by atoms with Gasteiger partial charge in [0.2, 0.25) is 0 Å². The highest BCUT2D eigenvalue weighted by Gasteiger charge is 2.16. The molecular weight excluding hydrogens is 303 g/mol. The van der Waals surface area contributed by atoms with Crippen LogP contribution >= 0.6 is 8.46 Å². The molecule has 0 unspecified atom stereocenters. The summed E-state index contributed by atoms with van der Waals surface area (Å²) in [6.45, 7) is 4.31. The van der Waals surface area contributed by atoms with Gasteiger partial charge in [-0.15, -0.1) is 0 Å². The summed E-state index contributed by atoms with van der Waals surface area (Å²) in [7, 11) is 3.19. The molecule has 0 aliphatic carbocycles. The van der Waals surface area contributed by atoms with E-state index in [0.29, 0.717) is 24.1 Å². The summed E-state index contributed by atoms with van der Waals surface area (Å²) >= 11 is 0. The van der Waals surface area contributed by atoms with Crippen molar-refractivity contribution in [2.45, 2.75) is 26.4 Å². The lowest BCUT2D eigenvalue weighted by Gasteiger charge is -2.17. The van der Waals surface area contributed by atoms with Gasteiger partial charge in [-0.1, -0.05) is 17.7 Å². The van der Waals surface area contributed by atoms with Gasteiger partial charge >= 0.3 is 0 Å². The summed E-state index contributed by atoms with van der Waals surface area (Å²) in [6, 6.07) is 3.71. The summed E-state index contributed by atoms with van der Waals surface area (Å²) in [5.41, 5.74) is 3.12. The first kappa shape index (κ1) is 18.6. The van der Waals surface area contributed by atoms with Crippen LogP contribution in [0, 0.1) is 0 Å². The number of ether oxygens (including phenoxy) is 4. The van der Waals surface area contributed by atoms with Crippen LogP contribution in [0.2, 0.25) is 0 Å². The third-order valence-electron chi connectivity index (χ3n) is 2.92. The molecule has 0 heterocycles. The van der Waals surface area contributed by atoms with Crippen molar-refractivity contribution in [1.29, 1.82) is 0 Å². The van der Waals surface area contributed by atoms with Crippen LogP contribution < -0.4 is 9.47 Å². The summed E-state index contributed by atoms with van der Waals surface area (Å²) in [5, 5.41) is 0. The summed E-state index contributed by atoms with van der Waals surface area (Å²) in [6.07, 6.45) is 3.20. The molecule has 0 aliphatic rings. The van der Waals surface area contributed by atoms with E-state index >= 15 is 0 Å². The van der Waals surface area contributed by atoms with E-state index in [9.17, 15) is 4.57 Å². The van der Waals surface area contributed by atoms with E-state index in [1.807, 2.05) is 19.9 Å². The van der Waals surface area contributed by atoms with Crippen LogP contribution in [0.4, 0.5) is 0 Å².